The molecule has 0 fully saturated rings. The van der Waals surface area contributed by atoms with Gasteiger partial charge in [0, 0.05) is 4.88 Å². The summed E-state index contributed by atoms with van der Waals surface area (Å²) in [5.74, 6) is -1.60. The lowest BCUT2D eigenvalue weighted by Gasteiger charge is -2.21. The third-order valence-electron chi connectivity index (χ3n) is 3.14. The number of carbonyl (C=O) groups is 2. The molecule has 0 saturated heterocycles. The molecule has 0 spiro atoms. The van der Waals surface area contributed by atoms with Crippen molar-refractivity contribution in [2.24, 2.45) is 5.92 Å². The van der Waals surface area contributed by atoms with Crippen molar-refractivity contribution in [2.75, 3.05) is 0 Å². The van der Waals surface area contributed by atoms with Gasteiger partial charge in [-0.3, -0.25) is 4.79 Å². The summed E-state index contributed by atoms with van der Waals surface area (Å²) < 4.78 is 0. The first-order valence-corrected chi connectivity index (χ1v) is 6.91. The predicted molar refractivity (Wildman–Crippen MR) is 71.8 cm³/mol. The minimum Gasteiger partial charge on any atom is -0.480 e. The molecule has 0 radical (unpaired) electrons. The first-order valence-electron chi connectivity index (χ1n) is 6.04. The van der Waals surface area contributed by atoms with Crippen LogP contribution in [0.5, 0.6) is 0 Å². The Labute approximate surface area is 111 Å². The monoisotopic (exact) mass is 269 g/mol. The van der Waals surface area contributed by atoms with Crippen LogP contribution >= 0.6 is 11.3 Å². The summed E-state index contributed by atoms with van der Waals surface area (Å²) in [7, 11) is 0. The van der Waals surface area contributed by atoms with E-state index in [4.69, 9.17) is 5.11 Å². The Morgan fingerprint density at radius 1 is 1.44 bits per heavy atom. The summed E-state index contributed by atoms with van der Waals surface area (Å²) in [4.78, 5) is 24.1. The third kappa shape index (κ3) is 3.57. The minimum absolute atomic E-state index is 0.0815. The lowest BCUT2D eigenvalue weighted by Crippen LogP contribution is -2.46. The Morgan fingerprint density at radius 2 is 2.11 bits per heavy atom. The Hall–Kier alpha value is -1.36. The molecule has 2 N–H and O–H groups in total. The van der Waals surface area contributed by atoms with Crippen LogP contribution in [-0.4, -0.2) is 23.0 Å². The van der Waals surface area contributed by atoms with Gasteiger partial charge in [0.15, 0.2) is 0 Å². The second-order valence-corrected chi connectivity index (χ2v) is 5.43. The van der Waals surface area contributed by atoms with Crippen LogP contribution in [0.15, 0.2) is 17.5 Å². The maximum absolute atomic E-state index is 12.0. The van der Waals surface area contributed by atoms with Crippen LogP contribution in [0.2, 0.25) is 0 Å². The molecule has 1 amide bonds. The quantitative estimate of drug-likeness (QED) is 0.833. The van der Waals surface area contributed by atoms with Gasteiger partial charge in [-0.05, 0) is 24.3 Å². The average molecular weight is 269 g/mol. The van der Waals surface area contributed by atoms with Gasteiger partial charge in [-0.2, -0.15) is 0 Å². The third-order valence-corrected chi connectivity index (χ3v) is 4.20. The van der Waals surface area contributed by atoms with Crippen LogP contribution in [-0.2, 0) is 9.59 Å². The molecule has 0 aliphatic carbocycles. The van der Waals surface area contributed by atoms with Crippen molar-refractivity contribution in [3.63, 3.8) is 0 Å². The zero-order valence-electron chi connectivity index (χ0n) is 10.8. The Bertz CT molecular complexity index is 402. The zero-order chi connectivity index (χ0) is 13.7. The lowest BCUT2D eigenvalue weighted by molar-refractivity contribution is -0.143. The first kappa shape index (κ1) is 14.7. The molecular formula is C13H19NO3S. The summed E-state index contributed by atoms with van der Waals surface area (Å²) in [6, 6.07) is 2.95. The topological polar surface area (TPSA) is 66.4 Å². The SMILES string of the molecule is CC[C@H](C)[C@H](NC(=O)C(C)c1cccs1)C(=O)O. The summed E-state index contributed by atoms with van der Waals surface area (Å²) in [5, 5.41) is 13.7. The Kier molecular flexibility index (Phi) is 5.34. The number of rotatable bonds is 6. The molecule has 1 unspecified atom stereocenters. The maximum Gasteiger partial charge on any atom is 0.326 e. The van der Waals surface area contributed by atoms with Crippen LogP contribution in [0.3, 0.4) is 0 Å². The van der Waals surface area contributed by atoms with Crippen LogP contribution in [0.4, 0.5) is 0 Å². The van der Waals surface area contributed by atoms with Gasteiger partial charge in [0.25, 0.3) is 0 Å². The van der Waals surface area contributed by atoms with Gasteiger partial charge in [-0.1, -0.05) is 26.3 Å². The number of aliphatic carboxylic acids is 1. The summed E-state index contributed by atoms with van der Waals surface area (Å²) in [5.41, 5.74) is 0. The van der Waals surface area contributed by atoms with Crippen molar-refractivity contribution < 1.29 is 14.7 Å². The Morgan fingerprint density at radius 3 is 2.56 bits per heavy atom. The lowest BCUT2D eigenvalue weighted by atomic mass is 9.98. The summed E-state index contributed by atoms with van der Waals surface area (Å²) in [6.45, 7) is 5.53. The van der Waals surface area contributed by atoms with E-state index in [1.54, 1.807) is 6.92 Å². The molecule has 1 heterocycles. The molecule has 0 bridgehead atoms. The molecule has 1 rings (SSSR count). The molecule has 1 aromatic rings. The Balaban J connectivity index is 2.70. The van der Waals surface area contributed by atoms with Crippen LogP contribution in [0, 0.1) is 5.92 Å². The summed E-state index contributed by atoms with van der Waals surface area (Å²) >= 11 is 1.50. The van der Waals surface area contributed by atoms with E-state index in [-0.39, 0.29) is 17.7 Å². The van der Waals surface area contributed by atoms with Crippen molar-refractivity contribution >= 4 is 23.2 Å². The number of hydrogen-bond donors (Lipinski definition) is 2. The van der Waals surface area contributed by atoms with Gasteiger partial charge in [-0.25, -0.2) is 4.79 Å². The average Bonchev–Trinajstić information content (AvgIpc) is 2.87. The van der Waals surface area contributed by atoms with Crippen molar-refractivity contribution in [2.45, 2.75) is 39.2 Å². The van der Waals surface area contributed by atoms with E-state index in [0.29, 0.717) is 6.42 Å². The molecule has 0 aliphatic rings. The number of nitrogens with one attached hydrogen (secondary N) is 1. The van der Waals surface area contributed by atoms with Gasteiger partial charge in [0.1, 0.15) is 6.04 Å². The number of carboxylic acid groups (broad SMARTS) is 1. The number of hydrogen-bond acceptors (Lipinski definition) is 3. The highest BCUT2D eigenvalue weighted by molar-refractivity contribution is 7.10. The second kappa shape index (κ2) is 6.54. The van der Waals surface area contributed by atoms with Crippen molar-refractivity contribution in [1.82, 2.24) is 5.32 Å². The highest BCUT2D eigenvalue weighted by atomic mass is 32.1. The van der Waals surface area contributed by atoms with Gasteiger partial charge >= 0.3 is 5.97 Å². The molecule has 0 aliphatic heterocycles. The molecule has 4 nitrogen and oxygen atoms in total. The van der Waals surface area contributed by atoms with Gasteiger partial charge < -0.3 is 10.4 Å². The highest BCUT2D eigenvalue weighted by Crippen LogP contribution is 2.21. The normalized spacial score (nSPS) is 15.7. The number of carboxylic acids is 1. The van der Waals surface area contributed by atoms with Crippen LogP contribution in [0.1, 0.15) is 38.0 Å². The van der Waals surface area contributed by atoms with Crippen molar-refractivity contribution in [3.8, 4) is 0 Å². The van der Waals surface area contributed by atoms with Gasteiger partial charge in [-0.15, -0.1) is 11.3 Å². The van der Waals surface area contributed by atoms with E-state index in [1.165, 1.54) is 11.3 Å². The second-order valence-electron chi connectivity index (χ2n) is 4.45. The molecule has 5 heteroatoms. The van der Waals surface area contributed by atoms with Crippen LogP contribution < -0.4 is 5.32 Å². The van der Waals surface area contributed by atoms with Crippen molar-refractivity contribution in [1.29, 1.82) is 0 Å². The van der Waals surface area contributed by atoms with E-state index in [1.807, 2.05) is 31.4 Å². The van der Waals surface area contributed by atoms with E-state index < -0.39 is 12.0 Å². The van der Waals surface area contributed by atoms with E-state index in [0.717, 1.165) is 4.88 Å². The molecule has 1 aromatic heterocycles. The summed E-state index contributed by atoms with van der Waals surface area (Å²) in [6.07, 6.45) is 0.713. The fourth-order valence-electron chi connectivity index (χ4n) is 1.63. The molecule has 100 valence electrons. The van der Waals surface area contributed by atoms with Crippen molar-refractivity contribution in [3.05, 3.63) is 22.4 Å². The van der Waals surface area contributed by atoms with E-state index in [9.17, 15) is 9.59 Å². The standard InChI is InChI=1S/C13H19NO3S/c1-4-8(2)11(13(16)17)14-12(15)9(3)10-6-5-7-18-10/h5-9,11H,4H2,1-3H3,(H,14,15)(H,16,17)/t8-,9?,11-/m0/s1. The first-order chi connectivity index (χ1) is 8.47. The zero-order valence-corrected chi connectivity index (χ0v) is 11.7. The fourth-order valence-corrected chi connectivity index (χ4v) is 2.41. The highest BCUT2D eigenvalue weighted by Gasteiger charge is 2.27. The molecule has 0 saturated carbocycles. The molecular weight excluding hydrogens is 250 g/mol. The largest absolute Gasteiger partial charge is 0.480 e. The molecule has 3 atom stereocenters. The number of amides is 1. The van der Waals surface area contributed by atoms with Crippen LogP contribution in [0.25, 0.3) is 0 Å². The van der Waals surface area contributed by atoms with E-state index in [2.05, 4.69) is 5.32 Å². The predicted octanol–water partition coefficient (Wildman–Crippen LogP) is 2.47. The molecule has 0 aromatic carbocycles. The number of carbonyl (C=O) groups excluding carboxylic acids is 1. The van der Waals surface area contributed by atoms with E-state index >= 15 is 0 Å². The molecule has 18 heavy (non-hydrogen) atoms. The maximum atomic E-state index is 12.0. The van der Waals surface area contributed by atoms with Gasteiger partial charge in [0.2, 0.25) is 5.91 Å². The fraction of sp³-hybridized carbons (Fsp3) is 0.538. The minimum atomic E-state index is -0.976. The smallest absolute Gasteiger partial charge is 0.326 e. The number of thiophene rings is 1. The van der Waals surface area contributed by atoms with Gasteiger partial charge in [0.05, 0.1) is 5.92 Å².